The number of alkyl carbamates (subject to hydrolysis) is 1. The molecule has 7 heterocycles. The number of amides is 2. The number of benzene rings is 3. The quantitative estimate of drug-likeness (QED) is 0.157. The Bertz CT molecular complexity index is 2440. The Balaban J connectivity index is 1.29. The number of para-hydroxylation sites is 1. The molecule has 6 aromatic rings. The normalized spacial score (nSPS) is 22.1. The zero-order valence-corrected chi connectivity index (χ0v) is 28.3. The van der Waals surface area contributed by atoms with E-state index in [-0.39, 0.29) is 30.2 Å². The fourth-order valence-corrected chi connectivity index (χ4v) is 8.25. The van der Waals surface area contributed by atoms with Crippen LogP contribution in [0.5, 0.6) is 5.75 Å². The second-order valence-electron chi connectivity index (χ2n) is 14.3. The van der Waals surface area contributed by atoms with Gasteiger partial charge >= 0.3 is 6.09 Å². The van der Waals surface area contributed by atoms with E-state index >= 15 is 0 Å². The number of ether oxygens (including phenoxy) is 2. The highest BCUT2D eigenvalue weighted by atomic mass is 16.6. The van der Waals surface area contributed by atoms with Crippen molar-refractivity contribution in [1.29, 1.82) is 0 Å². The summed E-state index contributed by atoms with van der Waals surface area (Å²) >= 11 is 0. The van der Waals surface area contributed by atoms with E-state index in [1.165, 1.54) is 0 Å². The van der Waals surface area contributed by atoms with Gasteiger partial charge in [-0.15, -0.1) is 0 Å². The van der Waals surface area contributed by atoms with Crippen molar-refractivity contribution in [3.63, 3.8) is 0 Å². The largest absolute Gasteiger partial charge is 0.469 e. The molecule has 10 bridgehead atoms. The number of nitrogens with zero attached hydrogens (tertiary/aromatic N) is 2. The molecular weight excluding hydrogens is 648 g/mol. The Morgan fingerprint density at radius 3 is 2.69 bits per heavy atom. The molecule has 0 saturated carbocycles. The van der Waals surface area contributed by atoms with E-state index in [1.54, 1.807) is 20.0 Å². The smallest absolute Gasteiger partial charge is 0.408 e. The minimum absolute atomic E-state index is 0.147. The molecule has 0 aliphatic carbocycles. The van der Waals surface area contributed by atoms with Crippen molar-refractivity contribution in [2.24, 2.45) is 5.92 Å². The molecule has 1 spiro atoms. The third-order valence-corrected chi connectivity index (χ3v) is 10.5. The summed E-state index contributed by atoms with van der Waals surface area (Å²) in [6, 6.07) is 16.8. The SMILES string of the molecule is CC(C)OC(=O)N[C@H]1Cc2ccc3c(c2)C24c5cccc(c5NC2O3)-c2cccc3[nH]cc(c23)-c2cnc(o2)-c2nc(oc24)[C@H](C(C)C)NC1=O. The third kappa shape index (κ3) is 4.13. The number of carbonyl (C=O) groups excluding carboxylic acids is 2. The van der Waals surface area contributed by atoms with Gasteiger partial charge in [0.05, 0.1) is 12.3 Å². The lowest BCUT2D eigenvalue weighted by Crippen LogP contribution is -2.50. The average molecular weight is 683 g/mol. The summed E-state index contributed by atoms with van der Waals surface area (Å²) in [5.41, 5.74) is 6.76. The fourth-order valence-electron chi connectivity index (χ4n) is 8.25. The monoisotopic (exact) mass is 682 g/mol. The number of H-pyrrole nitrogens is 1. The molecule has 0 saturated heterocycles. The Morgan fingerprint density at radius 2 is 1.84 bits per heavy atom. The Labute approximate surface area is 291 Å². The molecule has 51 heavy (non-hydrogen) atoms. The molecule has 10 rings (SSSR count). The number of oxazole rings is 2. The second-order valence-corrected chi connectivity index (χ2v) is 14.3. The molecule has 2 unspecified atom stereocenters. The van der Waals surface area contributed by atoms with Crippen molar-refractivity contribution in [1.82, 2.24) is 25.6 Å². The van der Waals surface area contributed by atoms with Gasteiger partial charge in [0.2, 0.25) is 17.7 Å². The number of nitrogens with one attached hydrogen (secondary N) is 4. The van der Waals surface area contributed by atoms with Gasteiger partial charge in [-0.2, -0.15) is 0 Å². The van der Waals surface area contributed by atoms with Crippen LogP contribution in [0.1, 0.15) is 62.1 Å². The summed E-state index contributed by atoms with van der Waals surface area (Å²) in [5, 5.41) is 10.7. The molecule has 12 nitrogen and oxygen atoms in total. The predicted octanol–water partition coefficient (Wildman–Crippen LogP) is 6.81. The van der Waals surface area contributed by atoms with Crippen LogP contribution in [-0.4, -0.2) is 45.3 Å². The number of hydrogen-bond acceptors (Lipinski definition) is 9. The first-order chi connectivity index (χ1) is 24.7. The number of carbonyl (C=O) groups is 2. The van der Waals surface area contributed by atoms with Crippen LogP contribution in [0, 0.1) is 5.92 Å². The molecular formula is C39H34N6O6. The van der Waals surface area contributed by atoms with Crippen LogP contribution in [0.2, 0.25) is 0 Å². The Morgan fingerprint density at radius 1 is 1.00 bits per heavy atom. The summed E-state index contributed by atoms with van der Waals surface area (Å²) in [4.78, 5) is 40.3. The van der Waals surface area contributed by atoms with E-state index in [2.05, 4.69) is 45.2 Å². The fraction of sp³-hybridized carbons (Fsp3) is 0.282. The summed E-state index contributed by atoms with van der Waals surface area (Å²) in [6.45, 7) is 7.49. The van der Waals surface area contributed by atoms with Crippen LogP contribution >= 0.6 is 0 Å². The molecule has 3 aromatic carbocycles. The van der Waals surface area contributed by atoms with Gasteiger partial charge in [0.1, 0.15) is 23.2 Å². The van der Waals surface area contributed by atoms with Gasteiger partial charge in [0.15, 0.2) is 23.4 Å². The highest BCUT2D eigenvalue weighted by Gasteiger charge is 2.61. The molecule has 4 N–H and O–H groups in total. The van der Waals surface area contributed by atoms with E-state index < -0.39 is 35.7 Å². The molecule has 4 aliphatic rings. The van der Waals surface area contributed by atoms with Crippen molar-refractivity contribution < 1.29 is 27.9 Å². The van der Waals surface area contributed by atoms with Gasteiger partial charge in [-0.05, 0) is 43.0 Å². The predicted molar refractivity (Wildman–Crippen MR) is 187 cm³/mol. The molecule has 3 aromatic heterocycles. The van der Waals surface area contributed by atoms with Crippen LogP contribution in [0.25, 0.3) is 44.9 Å². The van der Waals surface area contributed by atoms with Crippen molar-refractivity contribution in [3.05, 3.63) is 95.3 Å². The van der Waals surface area contributed by atoms with E-state index in [4.69, 9.17) is 28.3 Å². The number of hydrogen-bond donors (Lipinski definition) is 4. The maximum Gasteiger partial charge on any atom is 0.408 e. The van der Waals surface area contributed by atoms with E-state index in [0.29, 0.717) is 23.0 Å². The lowest BCUT2D eigenvalue weighted by molar-refractivity contribution is -0.124. The molecule has 256 valence electrons. The second kappa shape index (κ2) is 10.5. The first kappa shape index (κ1) is 29.8. The number of anilines is 1. The van der Waals surface area contributed by atoms with Gasteiger partial charge in [-0.3, -0.25) is 4.79 Å². The molecule has 4 atom stereocenters. The summed E-state index contributed by atoms with van der Waals surface area (Å²) < 4.78 is 25.8. The van der Waals surface area contributed by atoms with Crippen molar-refractivity contribution >= 4 is 28.6 Å². The molecule has 0 radical (unpaired) electrons. The van der Waals surface area contributed by atoms with Crippen LogP contribution in [0.15, 0.2) is 75.8 Å². The standard InChI is InChI=1S/C39H34N6O6/c1-17(2)30-36-44-32-33(51-36)39-23-9-5-8-21(20-7-6-10-25-29(20)22(15-40-25)28-16-41-35(32)49-28)31(23)45-37(39)50-27-12-11-19(13-24(27)39)14-26(34(46)43-30)42-38(47)48-18(3)4/h5-13,15-18,26,30,37,40,45H,14H2,1-4H3,(H,42,47)(H,43,46)/t26-,30-,37?,39?/m0/s1. The van der Waals surface area contributed by atoms with E-state index in [1.807, 2.05) is 50.4 Å². The summed E-state index contributed by atoms with van der Waals surface area (Å²) in [6.07, 6.45) is 2.21. The van der Waals surface area contributed by atoms with E-state index in [0.717, 1.165) is 50.0 Å². The first-order valence-corrected chi connectivity index (χ1v) is 17.3. The summed E-state index contributed by atoms with van der Waals surface area (Å²) in [5.74, 6) is 1.77. The van der Waals surface area contributed by atoms with Gasteiger partial charge in [-0.25, -0.2) is 14.8 Å². The zero-order valence-electron chi connectivity index (χ0n) is 28.3. The number of aromatic amines is 1. The van der Waals surface area contributed by atoms with E-state index in [9.17, 15) is 9.59 Å². The lowest BCUT2D eigenvalue weighted by Gasteiger charge is -2.28. The maximum absolute atomic E-state index is 14.1. The third-order valence-electron chi connectivity index (χ3n) is 10.5. The topological polar surface area (TPSA) is 157 Å². The highest BCUT2D eigenvalue weighted by Crippen LogP contribution is 2.61. The van der Waals surface area contributed by atoms with Gasteiger partial charge in [-0.1, -0.05) is 56.3 Å². The van der Waals surface area contributed by atoms with Crippen molar-refractivity contribution in [2.45, 2.75) is 63.9 Å². The Hall–Kier alpha value is -6.04. The first-order valence-electron chi connectivity index (χ1n) is 17.3. The number of aromatic nitrogens is 3. The highest BCUT2D eigenvalue weighted by molar-refractivity contribution is 6.07. The lowest BCUT2D eigenvalue weighted by atomic mass is 9.72. The van der Waals surface area contributed by atoms with Crippen LogP contribution in [0.4, 0.5) is 10.5 Å². The minimum Gasteiger partial charge on any atom is -0.469 e. The van der Waals surface area contributed by atoms with Crippen LogP contribution < -0.4 is 20.7 Å². The number of rotatable bonds is 3. The average Bonchev–Trinajstić information content (AvgIpc) is 3.92. The Kier molecular flexibility index (Phi) is 6.14. The maximum atomic E-state index is 14.1. The molecule has 4 aliphatic heterocycles. The minimum atomic E-state index is -1.04. The van der Waals surface area contributed by atoms with Crippen molar-refractivity contribution in [2.75, 3.05) is 5.32 Å². The van der Waals surface area contributed by atoms with Gasteiger partial charge in [0, 0.05) is 51.5 Å². The van der Waals surface area contributed by atoms with Gasteiger partial charge in [0.25, 0.3) is 0 Å². The van der Waals surface area contributed by atoms with Crippen molar-refractivity contribution in [3.8, 4) is 39.8 Å². The van der Waals surface area contributed by atoms with Crippen LogP contribution in [0.3, 0.4) is 0 Å². The molecule has 12 heteroatoms. The number of fused-ring (bicyclic) bond motifs is 7. The van der Waals surface area contributed by atoms with Gasteiger partial charge < -0.3 is 39.2 Å². The van der Waals surface area contributed by atoms with Crippen LogP contribution in [-0.2, 0) is 21.4 Å². The molecule has 0 fully saturated rings. The zero-order chi connectivity index (χ0) is 34.8. The molecule has 2 amide bonds. The summed E-state index contributed by atoms with van der Waals surface area (Å²) in [7, 11) is 0.